The topological polar surface area (TPSA) is 75.4 Å². The second-order valence-corrected chi connectivity index (χ2v) is 12.1. The third kappa shape index (κ3) is 4.18. The molecule has 0 unspecified atom stereocenters. The van der Waals surface area contributed by atoms with E-state index >= 15 is 0 Å². The van der Waals surface area contributed by atoms with Crippen LogP contribution in [0.25, 0.3) is 16.6 Å². The summed E-state index contributed by atoms with van der Waals surface area (Å²) in [6, 6.07) is 12.4. The SMILES string of the molecule is CC1(C)c2ccc(C3CCN(CC4CCC(C(=O)O)CC4)CC3)cc2-n2c1nc(=O)c1c(Cl)cccc12. The number of nitrogens with zero attached hydrogens (tertiary/aromatic N) is 3. The summed E-state index contributed by atoms with van der Waals surface area (Å²) < 4.78 is 2.14. The van der Waals surface area contributed by atoms with Crippen molar-refractivity contribution in [1.82, 2.24) is 14.5 Å². The number of hydrogen-bond donors (Lipinski definition) is 1. The first kappa shape index (κ1) is 24.6. The average molecular weight is 520 g/mol. The van der Waals surface area contributed by atoms with Crippen molar-refractivity contribution in [2.24, 2.45) is 11.8 Å². The van der Waals surface area contributed by atoms with Crippen LogP contribution >= 0.6 is 11.6 Å². The van der Waals surface area contributed by atoms with Gasteiger partial charge in [0.05, 0.1) is 32.9 Å². The summed E-state index contributed by atoms with van der Waals surface area (Å²) in [5, 5.41) is 10.2. The van der Waals surface area contributed by atoms with E-state index in [4.69, 9.17) is 11.6 Å². The Kier molecular flexibility index (Phi) is 6.15. The molecule has 6 rings (SSSR count). The maximum atomic E-state index is 12.9. The number of aromatic nitrogens is 2. The van der Waals surface area contributed by atoms with E-state index in [-0.39, 0.29) is 16.9 Å². The van der Waals surface area contributed by atoms with Gasteiger partial charge >= 0.3 is 5.97 Å². The lowest BCUT2D eigenvalue weighted by Gasteiger charge is -2.36. The molecule has 2 fully saturated rings. The Morgan fingerprint density at radius 2 is 1.81 bits per heavy atom. The van der Waals surface area contributed by atoms with Gasteiger partial charge < -0.3 is 10.0 Å². The van der Waals surface area contributed by atoms with Crippen LogP contribution in [-0.4, -0.2) is 45.2 Å². The summed E-state index contributed by atoms with van der Waals surface area (Å²) in [4.78, 5) is 31.2. The van der Waals surface area contributed by atoms with Crippen molar-refractivity contribution in [3.8, 4) is 5.69 Å². The van der Waals surface area contributed by atoms with Gasteiger partial charge in [0.2, 0.25) is 0 Å². The van der Waals surface area contributed by atoms with Gasteiger partial charge in [-0.3, -0.25) is 14.2 Å². The van der Waals surface area contributed by atoms with Gasteiger partial charge in [-0.15, -0.1) is 0 Å². The number of carboxylic acid groups (broad SMARTS) is 1. The summed E-state index contributed by atoms with van der Waals surface area (Å²) in [6.45, 7) is 7.52. The number of fused-ring (bicyclic) bond motifs is 5. The fourth-order valence-corrected chi connectivity index (χ4v) is 7.18. The van der Waals surface area contributed by atoms with E-state index in [1.807, 2.05) is 12.1 Å². The standard InChI is InChI=1S/C30H34ClN3O3/c1-30(2)22-11-10-21(16-25(22)34-24-5-3-4-23(31)26(24)27(35)32-29(30)34)19-12-14-33(15-13-19)17-18-6-8-20(9-7-18)28(36)37/h3-5,10-11,16,18-20H,6-9,12-15,17H2,1-2H3,(H,36,37). The second-order valence-electron chi connectivity index (χ2n) is 11.7. The Morgan fingerprint density at radius 1 is 1.08 bits per heavy atom. The van der Waals surface area contributed by atoms with Gasteiger partial charge in [-0.2, -0.15) is 4.98 Å². The Hall–Kier alpha value is -2.70. The number of hydrogen-bond acceptors (Lipinski definition) is 4. The monoisotopic (exact) mass is 519 g/mol. The lowest BCUT2D eigenvalue weighted by molar-refractivity contribution is -0.143. The van der Waals surface area contributed by atoms with Gasteiger partial charge in [0, 0.05) is 6.54 Å². The van der Waals surface area contributed by atoms with Gasteiger partial charge in [-0.05, 0) is 107 Å². The Bertz CT molecular complexity index is 1430. The van der Waals surface area contributed by atoms with Crippen LogP contribution in [0.4, 0.5) is 0 Å². The van der Waals surface area contributed by atoms with Gasteiger partial charge in [0.25, 0.3) is 5.56 Å². The van der Waals surface area contributed by atoms with E-state index in [1.165, 1.54) is 11.1 Å². The normalized spacial score (nSPS) is 23.6. The molecule has 1 saturated carbocycles. The van der Waals surface area contributed by atoms with Gasteiger partial charge in [-0.25, -0.2) is 0 Å². The molecule has 0 amide bonds. The number of benzene rings is 2. The van der Waals surface area contributed by atoms with Crippen LogP contribution in [0.2, 0.25) is 5.02 Å². The molecule has 1 N–H and O–H groups in total. The zero-order chi connectivity index (χ0) is 25.9. The highest BCUT2D eigenvalue weighted by Gasteiger charge is 2.39. The van der Waals surface area contributed by atoms with Crippen molar-refractivity contribution >= 4 is 28.5 Å². The zero-order valence-electron chi connectivity index (χ0n) is 21.5. The van der Waals surface area contributed by atoms with E-state index in [0.29, 0.717) is 22.2 Å². The van der Waals surface area contributed by atoms with Crippen LogP contribution in [0.15, 0.2) is 41.2 Å². The third-order valence-electron chi connectivity index (χ3n) is 9.13. The first-order valence-corrected chi connectivity index (χ1v) is 13.9. The molecule has 3 aliphatic rings. The molecule has 194 valence electrons. The number of halogens is 1. The number of likely N-dealkylation sites (tertiary alicyclic amines) is 1. The fraction of sp³-hybridized carbons (Fsp3) is 0.500. The van der Waals surface area contributed by atoms with E-state index in [1.54, 1.807) is 6.07 Å². The van der Waals surface area contributed by atoms with Crippen LogP contribution in [0.1, 0.15) is 75.2 Å². The molecule has 1 saturated heterocycles. The van der Waals surface area contributed by atoms with Gasteiger partial charge in [-0.1, -0.05) is 29.8 Å². The van der Waals surface area contributed by atoms with Gasteiger partial charge in [0.1, 0.15) is 5.82 Å². The molecule has 0 spiro atoms. The molecule has 2 aliphatic heterocycles. The van der Waals surface area contributed by atoms with Crippen molar-refractivity contribution < 1.29 is 9.90 Å². The molecular weight excluding hydrogens is 486 g/mol. The quantitative estimate of drug-likeness (QED) is 0.475. The Labute approximate surface area is 222 Å². The predicted molar refractivity (Wildman–Crippen MR) is 146 cm³/mol. The first-order chi connectivity index (χ1) is 17.7. The molecule has 6 nitrogen and oxygen atoms in total. The molecular formula is C30H34ClN3O3. The van der Waals surface area contributed by atoms with Crippen molar-refractivity contribution in [3.05, 3.63) is 68.7 Å². The summed E-state index contributed by atoms with van der Waals surface area (Å²) in [5.74, 6) is 1.13. The van der Waals surface area contributed by atoms with Crippen LogP contribution in [0, 0.1) is 11.8 Å². The smallest absolute Gasteiger partial charge is 0.306 e. The van der Waals surface area contributed by atoms with Crippen LogP contribution in [-0.2, 0) is 10.2 Å². The molecule has 0 bridgehead atoms. The van der Waals surface area contributed by atoms with Crippen molar-refractivity contribution in [3.63, 3.8) is 0 Å². The molecule has 3 heterocycles. The van der Waals surface area contributed by atoms with Gasteiger partial charge in [0.15, 0.2) is 0 Å². The minimum Gasteiger partial charge on any atom is -0.481 e. The Morgan fingerprint density at radius 3 is 2.51 bits per heavy atom. The molecule has 1 aromatic heterocycles. The lowest BCUT2D eigenvalue weighted by Crippen LogP contribution is -2.38. The molecule has 3 aromatic rings. The minimum atomic E-state index is -0.627. The summed E-state index contributed by atoms with van der Waals surface area (Å²) in [7, 11) is 0. The van der Waals surface area contributed by atoms with E-state index in [2.05, 4.69) is 46.5 Å². The highest BCUT2D eigenvalue weighted by molar-refractivity contribution is 6.35. The zero-order valence-corrected chi connectivity index (χ0v) is 22.3. The highest BCUT2D eigenvalue weighted by Crippen LogP contribution is 2.44. The van der Waals surface area contributed by atoms with Crippen LogP contribution in [0.5, 0.6) is 0 Å². The number of carboxylic acids is 1. The summed E-state index contributed by atoms with van der Waals surface area (Å²) in [6.07, 6.45) is 5.95. The Balaban J connectivity index is 1.22. The third-order valence-corrected chi connectivity index (χ3v) is 9.45. The minimum absolute atomic E-state index is 0.140. The van der Waals surface area contributed by atoms with Crippen molar-refractivity contribution in [2.45, 2.75) is 63.7 Å². The fourth-order valence-electron chi connectivity index (χ4n) is 6.93. The number of rotatable bonds is 4. The van der Waals surface area contributed by atoms with Crippen LogP contribution < -0.4 is 5.56 Å². The largest absolute Gasteiger partial charge is 0.481 e. The average Bonchev–Trinajstić information content (AvgIpc) is 3.11. The molecule has 37 heavy (non-hydrogen) atoms. The molecule has 1 aliphatic carbocycles. The molecule has 2 aromatic carbocycles. The maximum Gasteiger partial charge on any atom is 0.306 e. The summed E-state index contributed by atoms with van der Waals surface area (Å²) in [5.41, 5.74) is 3.82. The van der Waals surface area contributed by atoms with Crippen molar-refractivity contribution in [1.29, 1.82) is 0 Å². The maximum absolute atomic E-state index is 12.9. The van der Waals surface area contributed by atoms with E-state index in [9.17, 15) is 14.7 Å². The molecule has 7 heteroatoms. The van der Waals surface area contributed by atoms with Crippen LogP contribution in [0.3, 0.4) is 0 Å². The number of aliphatic carboxylic acids is 1. The first-order valence-electron chi connectivity index (χ1n) is 13.6. The van der Waals surface area contributed by atoms with E-state index < -0.39 is 5.97 Å². The lowest BCUT2D eigenvalue weighted by atomic mass is 9.81. The van der Waals surface area contributed by atoms with E-state index in [0.717, 1.165) is 75.2 Å². The second kappa shape index (κ2) is 9.25. The number of piperidine rings is 1. The predicted octanol–water partition coefficient (Wildman–Crippen LogP) is 5.75. The van der Waals surface area contributed by atoms with Crippen molar-refractivity contribution in [2.75, 3.05) is 19.6 Å². The number of carbonyl (C=O) groups is 1. The molecule has 0 radical (unpaired) electrons. The highest BCUT2D eigenvalue weighted by atomic mass is 35.5. The molecule has 0 atom stereocenters. The summed E-state index contributed by atoms with van der Waals surface area (Å²) >= 11 is 6.44.